The van der Waals surface area contributed by atoms with Crippen molar-refractivity contribution in [2.24, 2.45) is 0 Å². The van der Waals surface area contributed by atoms with Crippen LogP contribution in [-0.4, -0.2) is 0 Å². The molecule has 0 aromatic heterocycles. The van der Waals surface area contributed by atoms with E-state index in [-0.39, 0.29) is 32.7 Å². The zero-order chi connectivity index (χ0) is 14.0. The molecule has 1 radical (unpaired) electrons. The van der Waals surface area contributed by atoms with Gasteiger partial charge < -0.3 is 0 Å². The third kappa shape index (κ3) is 7.65. The number of hydrogen-bond donors (Lipinski definition) is 0. The maximum absolute atomic E-state index is 3.22. The molecule has 0 bridgehead atoms. The van der Waals surface area contributed by atoms with Crippen LogP contribution in [0.3, 0.4) is 0 Å². The van der Waals surface area contributed by atoms with Gasteiger partial charge in [0.15, 0.2) is 0 Å². The number of hydrogen-bond acceptors (Lipinski definition) is 0. The van der Waals surface area contributed by atoms with E-state index in [1.165, 1.54) is 11.1 Å². The quantitative estimate of drug-likeness (QED) is 0.596. The van der Waals surface area contributed by atoms with E-state index < -0.39 is 0 Å². The van der Waals surface area contributed by atoms with E-state index in [4.69, 9.17) is 0 Å². The van der Waals surface area contributed by atoms with Gasteiger partial charge in [0.1, 0.15) is 0 Å². The van der Waals surface area contributed by atoms with E-state index in [0.29, 0.717) is 0 Å². The van der Waals surface area contributed by atoms with Crippen LogP contribution in [0.1, 0.15) is 38.8 Å². The fourth-order valence-corrected chi connectivity index (χ4v) is 1.47. The van der Waals surface area contributed by atoms with Gasteiger partial charge in [0.25, 0.3) is 0 Å². The van der Waals surface area contributed by atoms with Crippen molar-refractivity contribution in [3.05, 3.63) is 59.7 Å². The smallest absolute Gasteiger partial charge is 0 e. The van der Waals surface area contributed by atoms with Crippen LogP contribution >= 0.6 is 0 Å². The Labute approximate surface area is 144 Å². The van der Waals surface area contributed by atoms with Crippen molar-refractivity contribution < 1.29 is 32.7 Å². The molecule has 101 valence electrons. The Kier molecular flexibility index (Phi) is 13.8. The van der Waals surface area contributed by atoms with Crippen molar-refractivity contribution >= 4 is 0 Å². The van der Waals surface area contributed by atoms with Crippen molar-refractivity contribution in [2.75, 3.05) is 0 Å². The molecule has 2 aromatic carbocycles. The van der Waals surface area contributed by atoms with Gasteiger partial charge in [-0.1, -0.05) is 41.5 Å². The Hall–Kier alpha value is -0.456. The van der Waals surface area contributed by atoms with Crippen LogP contribution in [0.25, 0.3) is 11.1 Å². The standard InChI is InChI=1S/C14H12.2C2H6.Y/c1-11-5-3-7-13(9-11)14-8-4-6-12(2)10-14;2*1-2;/h3-6,9-10H,1-2H3;2*1-2H3;/q-2;;;. The Morgan fingerprint density at radius 2 is 1.00 bits per heavy atom. The molecule has 0 saturated carbocycles. The van der Waals surface area contributed by atoms with Crippen LogP contribution in [0, 0.1) is 26.0 Å². The average Bonchev–Trinajstić information content (AvgIpc) is 2.43. The summed E-state index contributed by atoms with van der Waals surface area (Å²) in [5.41, 5.74) is 4.75. The minimum atomic E-state index is 0. The second-order valence-corrected chi connectivity index (χ2v) is 3.56. The first-order chi connectivity index (χ1) is 8.75. The third-order valence-electron chi connectivity index (χ3n) is 2.20. The molecule has 0 heterocycles. The molecule has 0 fully saturated rings. The summed E-state index contributed by atoms with van der Waals surface area (Å²) in [4.78, 5) is 0. The van der Waals surface area contributed by atoms with Crippen LogP contribution in [-0.2, 0) is 32.7 Å². The van der Waals surface area contributed by atoms with Crippen molar-refractivity contribution in [1.29, 1.82) is 0 Å². The molecule has 0 spiro atoms. The molecule has 1 heteroatoms. The molecule has 0 atom stereocenters. The molecule has 0 unspecified atom stereocenters. The number of aryl methyl sites for hydroxylation is 2. The third-order valence-corrected chi connectivity index (χ3v) is 2.20. The van der Waals surface area contributed by atoms with Gasteiger partial charge in [0.2, 0.25) is 0 Å². The fraction of sp³-hybridized carbons (Fsp3) is 0.333. The molecular weight excluding hydrogens is 305 g/mol. The van der Waals surface area contributed by atoms with Crippen LogP contribution < -0.4 is 0 Å². The first kappa shape index (κ1) is 20.9. The Balaban J connectivity index is 0. The van der Waals surface area contributed by atoms with Gasteiger partial charge in [-0.05, 0) is 0 Å². The van der Waals surface area contributed by atoms with Gasteiger partial charge in [-0.15, -0.1) is 23.3 Å². The summed E-state index contributed by atoms with van der Waals surface area (Å²) >= 11 is 0. The minimum absolute atomic E-state index is 0. The van der Waals surface area contributed by atoms with E-state index in [1.807, 2.05) is 39.8 Å². The Morgan fingerprint density at radius 3 is 1.26 bits per heavy atom. The molecule has 0 nitrogen and oxygen atoms in total. The van der Waals surface area contributed by atoms with Crippen molar-refractivity contribution in [2.45, 2.75) is 41.5 Å². The van der Waals surface area contributed by atoms with Crippen molar-refractivity contribution in [3.63, 3.8) is 0 Å². The Bertz CT molecular complexity index is 403. The first-order valence-corrected chi connectivity index (χ1v) is 6.73. The van der Waals surface area contributed by atoms with Crippen LogP contribution in [0.15, 0.2) is 36.4 Å². The molecule has 0 aliphatic carbocycles. The molecule has 0 saturated heterocycles. The summed E-state index contributed by atoms with van der Waals surface area (Å²) in [6.45, 7) is 12.2. The summed E-state index contributed by atoms with van der Waals surface area (Å²) in [6.07, 6.45) is 0. The van der Waals surface area contributed by atoms with Gasteiger partial charge in [-0.25, -0.2) is 11.1 Å². The summed E-state index contributed by atoms with van der Waals surface area (Å²) in [7, 11) is 0. The van der Waals surface area contributed by atoms with Gasteiger partial charge in [0.05, 0.1) is 0 Å². The SMILES string of the molecule is CC.CC.Cc1cc[c-]c(-c2[c-]ccc(C)c2)c1.[Y]. The minimum Gasteiger partial charge on any atom is -0.226 e. The second kappa shape index (κ2) is 12.6. The topological polar surface area (TPSA) is 0 Å². The zero-order valence-electron chi connectivity index (χ0n) is 13.0. The van der Waals surface area contributed by atoms with E-state index in [2.05, 4.69) is 50.2 Å². The average molecular weight is 329 g/mol. The summed E-state index contributed by atoms with van der Waals surface area (Å²) in [5, 5.41) is 0. The summed E-state index contributed by atoms with van der Waals surface area (Å²) in [5.74, 6) is 0. The summed E-state index contributed by atoms with van der Waals surface area (Å²) in [6, 6.07) is 18.7. The zero-order valence-corrected chi connectivity index (χ0v) is 15.9. The molecular formula is C18H24Y-2. The van der Waals surface area contributed by atoms with Crippen LogP contribution in [0.5, 0.6) is 0 Å². The summed E-state index contributed by atoms with van der Waals surface area (Å²) < 4.78 is 0. The maximum Gasteiger partial charge on any atom is 0 e. The van der Waals surface area contributed by atoms with Gasteiger partial charge in [0, 0.05) is 32.7 Å². The molecule has 0 amide bonds. The fourth-order valence-electron chi connectivity index (χ4n) is 1.47. The van der Waals surface area contributed by atoms with Crippen molar-refractivity contribution in [1.82, 2.24) is 0 Å². The Morgan fingerprint density at radius 1 is 0.684 bits per heavy atom. The van der Waals surface area contributed by atoms with E-state index in [9.17, 15) is 0 Å². The van der Waals surface area contributed by atoms with E-state index in [0.717, 1.165) is 11.1 Å². The maximum atomic E-state index is 3.22. The largest absolute Gasteiger partial charge is 0.226 e. The van der Waals surface area contributed by atoms with E-state index in [1.54, 1.807) is 0 Å². The normalized spacial score (nSPS) is 8.11. The molecule has 0 N–H and O–H groups in total. The molecule has 19 heavy (non-hydrogen) atoms. The number of rotatable bonds is 1. The first-order valence-electron chi connectivity index (χ1n) is 6.73. The van der Waals surface area contributed by atoms with Gasteiger partial charge in [-0.3, -0.25) is 0 Å². The van der Waals surface area contributed by atoms with Crippen LogP contribution in [0.2, 0.25) is 0 Å². The van der Waals surface area contributed by atoms with Gasteiger partial charge in [-0.2, -0.15) is 36.4 Å². The second-order valence-electron chi connectivity index (χ2n) is 3.56. The van der Waals surface area contributed by atoms with Crippen molar-refractivity contribution in [3.8, 4) is 11.1 Å². The molecule has 2 aromatic rings. The monoisotopic (exact) mass is 329 g/mol. The molecule has 0 aliphatic rings. The predicted molar refractivity (Wildman–Crippen MR) is 81.7 cm³/mol. The molecule has 2 rings (SSSR count). The van der Waals surface area contributed by atoms with Crippen LogP contribution in [0.4, 0.5) is 0 Å². The van der Waals surface area contributed by atoms with E-state index >= 15 is 0 Å². The number of benzene rings is 2. The molecule has 0 aliphatic heterocycles. The van der Waals surface area contributed by atoms with Gasteiger partial charge >= 0.3 is 0 Å². The predicted octanol–water partition coefficient (Wildman–Crippen LogP) is 5.62.